The maximum absolute atomic E-state index is 4.41. The Hall–Kier alpha value is -0.580. The van der Waals surface area contributed by atoms with E-state index in [0.29, 0.717) is 0 Å². The molecule has 2 aromatic rings. The molecule has 0 atom stereocenters. The number of aromatic nitrogens is 2. The Kier molecular flexibility index (Phi) is 2.04. The van der Waals surface area contributed by atoms with Crippen molar-refractivity contribution >= 4 is 33.5 Å². The van der Waals surface area contributed by atoms with Crippen molar-refractivity contribution in [2.75, 3.05) is 0 Å². The van der Waals surface area contributed by atoms with Gasteiger partial charge in [0, 0.05) is 11.9 Å². The number of rotatable bonds is 1. The first-order valence-corrected chi connectivity index (χ1v) is 5.02. The number of para-hydroxylation sites is 1. The Morgan fingerprint density at radius 3 is 2.92 bits per heavy atom. The summed E-state index contributed by atoms with van der Waals surface area (Å²) in [6.45, 7) is 3.04. The molecule has 1 aromatic carbocycles. The summed E-state index contributed by atoms with van der Waals surface area (Å²) < 4.78 is 3.11. The second-order valence-electron chi connectivity index (χ2n) is 2.62. The maximum atomic E-state index is 4.41. The van der Waals surface area contributed by atoms with E-state index in [-0.39, 0.29) is 0 Å². The van der Waals surface area contributed by atoms with Gasteiger partial charge in [-0.25, -0.2) is 0 Å². The molecule has 0 saturated heterocycles. The van der Waals surface area contributed by atoms with E-state index in [4.69, 9.17) is 0 Å². The van der Waals surface area contributed by atoms with E-state index in [1.54, 1.807) is 0 Å². The summed E-state index contributed by atoms with van der Waals surface area (Å²) in [5, 5.41) is 5.66. The summed E-state index contributed by atoms with van der Waals surface area (Å²) in [6.07, 6.45) is 0. The van der Waals surface area contributed by atoms with Crippen LogP contribution < -0.4 is 0 Å². The number of aryl methyl sites for hydroxylation is 1. The third kappa shape index (κ3) is 1.12. The Balaban J connectivity index is 2.82. The van der Waals surface area contributed by atoms with Gasteiger partial charge in [-0.1, -0.05) is 18.2 Å². The number of hydrogen-bond acceptors (Lipinski definition) is 1. The summed E-state index contributed by atoms with van der Waals surface area (Å²) >= 11 is 2.27. The molecule has 2 rings (SSSR count). The summed E-state index contributed by atoms with van der Waals surface area (Å²) in [6, 6.07) is 8.31. The molecule has 0 bridgehead atoms. The maximum Gasteiger partial charge on any atom is 0.131 e. The highest BCUT2D eigenvalue weighted by atomic mass is 127. The minimum Gasteiger partial charge on any atom is -0.264 e. The molecule has 0 amide bonds. The Morgan fingerprint density at radius 2 is 2.17 bits per heavy atom. The van der Waals surface area contributed by atoms with Crippen LogP contribution >= 0.6 is 22.6 Å². The summed E-state index contributed by atoms with van der Waals surface area (Å²) in [5.41, 5.74) is 1.23. The number of fused-ring (bicyclic) bond motifs is 1. The molecule has 1 aromatic heterocycles. The lowest BCUT2D eigenvalue weighted by atomic mass is 10.3. The molecule has 0 saturated carbocycles. The molecular formula is C9H9IN2. The van der Waals surface area contributed by atoms with Gasteiger partial charge in [0.15, 0.2) is 0 Å². The van der Waals surface area contributed by atoms with Crippen LogP contribution in [-0.4, -0.2) is 9.78 Å². The second kappa shape index (κ2) is 3.05. The predicted molar refractivity (Wildman–Crippen MR) is 58.1 cm³/mol. The molecule has 1 heterocycles. The highest BCUT2D eigenvalue weighted by Crippen LogP contribution is 2.19. The highest BCUT2D eigenvalue weighted by molar-refractivity contribution is 14.1. The van der Waals surface area contributed by atoms with Crippen molar-refractivity contribution in [3.05, 3.63) is 28.0 Å². The highest BCUT2D eigenvalue weighted by Gasteiger charge is 2.04. The van der Waals surface area contributed by atoms with Crippen molar-refractivity contribution in [1.82, 2.24) is 9.78 Å². The van der Waals surface area contributed by atoms with Crippen LogP contribution in [0.1, 0.15) is 6.92 Å². The molecule has 0 aliphatic carbocycles. The topological polar surface area (TPSA) is 17.8 Å². The zero-order valence-electron chi connectivity index (χ0n) is 6.79. The van der Waals surface area contributed by atoms with Gasteiger partial charge in [-0.3, -0.25) is 4.68 Å². The quantitative estimate of drug-likeness (QED) is 0.730. The molecule has 0 aliphatic heterocycles. The zero-order valence-corrected chi connectivity index (χ0v) is 8.95. The molecule has 3 heteroatoms. The van der Waals surface area contributed by atoms with Crippen LogP contribution in [0.5, 0.6) is 0 Å². The number of benzene rings is 1. The molecule has 0 N–H and O–H groups in total. The molecule has 0 aliphatic rings. The Bertz CT molecular complexity index is 406. The van der Waals surface area contributed by atoms with Crippen molar-refractivity contribution in [3.63, 3.8) is 0 Å². The minimum absolute atomic E-state index is 0.934. The van der Waals surface area contributed by atoms with Crippen LogP contribution in [0, 0.1) is 3.70 Å². The monoisotopic (exact) mass is 272 g/mol. The second-order valence-corrected chi connectivity index (χ2v) is 3.65. The van der Waals surface area contributed by atoms with Gasteiger partial charge in [0.05, 0.1) is 5.52 Å². The molecule has 62 valence electrons. The van der Waals surface area contributed by atoms with E-state index in [9.17, 15) is 0 Å². The first-order chi connectivity index (χ1) is 5.83. The standard InChI is InChI=1S/C9H9IN2/c1-2-12-8-6-4-3-5-7(8)9(10)11-12/h3-6H,2H2,1H3. The lowest BCUT2D eigenvalue weighted by molar-refractivity contribution is 0.678. The lowest BCUT2D eigenvalue weighted by Crippen LogP contribution is -1.95. The fourth-order valence-corrected chi connectivity index (χ4v) is 2.04. The molecule has 0 radical (unpaired) electrons. The van der Waals surface area contributed by atoms with E-state index in [1.807, 2.05) is 16.8 Å². The van der Waals surface area contributed by atoms with Gasteiger partial charge >= 0.3 is 0 Å². The largest absolute Gasteiger partial charge is 0.264 e. The first kappa shape index (κ1) is 8.04. The molecular weight excluding hydrogens is 263 g/mol. The Labute approximate surface area is 84.7 Å². The van der Waals surface area contributed by atoms with E-state index < -0.39 is 0 Å². The lowest BCUT2D eigenvalue weighted by Gasteiger charge is -1.95. The van der Waals surface area contributed by atoms with Gasteiger partial charge in [0.1, 0.15) is 3.70 Å². The summed E-state index contributed by atoms with van der Waals surface area (Å²) in [5.74, 6) is 0. The van der Waals surface area contributed by atoms with Crippen LogP contribution in [0.2, 0.25) is 0 Å². The molecule has 0 spiro atoms. The smallest absolute Gasteiger partial charge is 0.131 e. The van der Waals surface area contributed by atoms with Crippen LogP contribution in [0.3, 0.4) is 0 Å². The van der Waals surface area contributed by atoms with Crippen molar-refractivity contribution in [3.8, 4) is 0 Å². The van der Waals surface area contributed by atoms with Crippen molar-refractivity contribution in [1.29, 1.82) is 0 Å². The summed E-state index contributed by atoms with van der Waals surface area (Å²) in [7, 11) is 0. The molecule has 2 nitrogen and oxygen atoms in total. The summed E-state index contributed by atoms with van der Waals surface area (Å²) in [4.78, 5) is 0. The van der Waals surface area contributed by atoms with Crippen molar-refractivity contribution in [2.24, 2.45) is 0 Å². The predicted octanol–water partition coefficient (Wildman–Crippen LogP) is 2.66. The molecule has 12 heavy (non-hydrogen) atoms. The van der Waals surface area contributed by atoms with Gasteiger partial charge in [-0.05, 0) is 35.6 Å². The average Bonchev–Trinajstić information content (AvgIpc) is 2.44. The first-order valence-electron chi connectivity index (χ1n) is 3.94. The normalized spacial score (nSPS) is 10.8. The number of nitrogens with zero attached hydrogens (tertiary/aromatic N) is 2. The number of hydrogen-bond donors (Lipinski definition) is 0. The zero-order chi connectivity index (χ0) is 8.55. The third-order valence-electron chi connectivity index (χ3n) is 1.91. The molecule has 0 unspecified atom stereocenters. The van der Waals surface area contributed by atoms with E-state index in [0.717, 1.165) is 10.2 Å². The van der Waals surface area contributed by atoms with Crippen molar-refractivity contribution < 1.29 is 0 Å². The van der Waals surface area contributed by atoms with Crippen molar-refractivity contribution in [2.45, 2.75) is 13.5 Å². The fourth-order valence-electron chi connectivity index (χ4n) is 1.33. The minimum atomic E-state index is 0.934. The van der Waals surface area contributed by atoms with E-state index in [2.05, 4.69) is 46.7 Å². The average molecular weight is 272 g/mol. The van der Waals surface area contributed by atoms with Crippen LogP contribution in [0.4, 0.5) is 0 Å². The van der Waals surface area contributed by atoms with E-state index in [1.165, 1.54) is 10.9 Å². The molecule has 0 fully saturated rings. The van der Waals surface area contributed by atoms with Gasteiger partial charge in [0.25, 0.3) is 0 Å². The van der Waals surface area contributed by atoms with Crippen LogP contribution in [0.15, 0.2) is 24.3 Å². The van der Waals surface area contributed by atoms with Gasteiger partial charge < -0.3 is 0 Å². The number of halogens is 1. The van der Waals surface area contributed by atoms with Gasteiger partial charge in [0.2, 0.25) is 0 Å². The fraction of sp³-hybridized carbons (Fsp3) is 0.222. The van der Waals surface area contributed by atoms with E-state index >= 15 is 0 Å². The SMILES string of the molecule is CCn1nc(I)c2ccccc21. The van der Waals surface area contributed by atoms with Gasteiger partial charge in [-0.15, -0.1) is 0 Å². The van der Waals surface area contributed by atoms with Crippen LogP contribution in [0.25, 0.3) is 10.9 Å². The van der Waals surface area contributed by atoms with Gasteiger partial charge in [-0.2, -0.15) is 5.10 Å². The third-order valence-corrected chi connectivity index (χ3v) is 2.71. The van der Waals surface area contributed by atoms with Crippen LogP contribution in [-0.2, 0) is 6.54 Å². The Morgan fingerprint density at radius 1 is 1.42 bits per heavy atom.